The monoisotopic (exact) mass is 268 g/mol. The SMILES string of the molecule is COc1csc(-c2nnc(CCCC(=O)O)o2)c1. The van der Waals surface area contributed by atoms with E-state index in [1.165, 1.54) is 11.3 Å². The molecule has 0 spiro atoms. The average Bonchev–Trinajstić information content (AvgIpc) is 2.95. The van der Waals surface area contributed by atoms with E-state index >= 15 is 0 Å². The number of carbonyl (C=O) groups is 1. The van der Waals surface area contributed by atoms with Crippen molar-refractivity contribution in [3.05, 3.63) is 17.3 Å². The van der Waals surface area contributed by atoms with Gasteiger partial charge in [0.15, 0.2) is 0 Å². The molecule has 0 fully saturated rings. The molecule has 0 radical (unpaired) electrons. The Hall–Kier alpha value is -1.89. The molecular weight excluding hydrogens is 256 g/mol. The molecule has 0 aliphatic carbocycles. The fourth-order valence-corrected chi connectivity index (χ4v) is 2.16. The first-order valence-electron chi connectivity index (χ1n) is 5.36. The van der Waals surface area contributed by atoms with Gasteiger partial charge in [-0.1, -0.05) is 0 Å². The smallest absolute Gasteiger partial charge is 0.303 e. The molecule has 0 bridgehead atoms. The third-order valence-corrected chi connectivity index (χ3v) is 3.17. The van der Waals surface area contributed by atoms with Crippen molar-refractivity contribution in [3.8, 4) is 16.5 Å². The Labute approximate surface area is 107 Å². The molecule has 96 valence electrons. The van der Waals surface area contributed by atoms with Crippen molar-refractivity contribution in [3.63, 3.8) is 0 Å². The number of carboxylic acids is 1. The Morgan fingerprint density at radius 3 is 3.06 bits per heavy atom. The number of aromatic nitrogens is 2. The van der Waals surface area contributed by atoms with Crippen LogP contribution in [0.5, 0.6) is 5.75 Å². The lowest BCUT2D eigenvalue weighted by Gasteiger charge is -1.91. The molecule has 1 N–H and O–H groups in total. The molecule has 6 nitrogen and oxygen atoms in total. The maximum absolute atomic E-state index is 10.4. The number of rotatable bonds is 6. The predicted molar refractivity (Wildman–Crippen MR) is 64.7 cm³/mol. The number of hydrogen-bond donors (Lipinski definition) is 1. The highest BCUT2D eigenvalue weighted by molar-refractivity contribution is 7.13. The van der Waals surface area contributed by atoms with Gasteiger partial charge in [-0.3, -0.25) is 4.79 Å². The van der Waals surface area contributed by atoms with Crippen LogP contribution < -0.4 is 4.74 Å². The van der Waals surface area contributed by atoms with Gasteiger partial charge in [-0.05, 0) is 6.42 Å². The second-order valence-corrected chi connectivity index (χ2v) is 4.51. The van der Waals surface area contributed by atoms with Crippen LogP contribution in [0.25, 0.3) is 10.8 Å². The molecular formula is C11H12N2O4S. The van der Waals surface area contributed by atoms with Crippen molar-refractivity contribution >= 4 is 17.3 Å². The Kier molecular flexibility index (Phi) is 3.93. The van der Waals surface area contributed by atoms with Gasteiger partial charge in [0, 0.05) is 24.3 Å². The molecule has 0 aromatic carbocycles. The summed E-state index contributed by atoms with van der Waals surface area (Å²) in [5, 5.41) is 18.2. The summed E-state index contributed by atoms with van der Waals surface area (Å²) >= 11 is 1.45. The quantitative estimate of drug-likeness (QED) is 0.864. The summed E-state index contributed by atoms with van der Waals surface area (Å²) in [5.41, 5.74) is 0. The van der Waals surface area contributed by atoms with Crippen LogP contribution in [-0.4, -0.2) is 28.4 Å². The summed E-state index contributed by atoms with van der Waals surface area (Å²) in [4.78, 5) is 11.2. The molecule has 0 aliphatic heterocycles. The molecule has 0 aliphatic rings. The van der Waals surface area contributed by atoms with Gasteiger partial charge < -0.3 is 14.3 Å². The summed E-state index contributed by atoms with van der Waals surface area (Å²) in [6, 6.07) is 1.82. The normalized spacial score (nSPS) is 10.5. The van der Waals surface area contributed by atoms with Crippen LogP contribution >= 0.6 is 11.3 Å². The minimum atomic E-state index is -0.822. The van der Waals surface area contributed by atoms with Crippen LogP contribution in [0.1, 0.15) is 18.7 Å². The van der Waals surface area contributed by atoms with Gasteiger partial charge in [0.05, 0.1) is 12.0 Å². The fourth-order valence-electron chi connectivity index (χ4n) is 1.38. The molecule has 2 heterocycles. The third-order valence-electron chi connectivity index (χ3n) is 2.27. The molecule has 0 saturated carbocycles. The number of thiophene rings is 1. The van der Waals surface area contributed by atoms with Crippen LogP contribution in [0, 0.1) is 0 Å². The largest absolute Gasteiger partial charge is 0.496 e. The van der Waals surface area contributed by atoms with E-state index in [0.29, 0.717) is 24.6 Å². The molecule has 0 unspecified atom stereocenters. The highest BCUT2D eigenvalue weighted by atomic mass is 32.1. The highest BCUT2D eigenvalue weighted by Crippen LogP contribution is 2.30. The first-order valence-corrected chi connectivity index (χ1v) is 6.24. The van der Waals surface area contributed by atoms with Crippen molar-refractivity contribution in [2.45, 2.75) is 19.3 Å². The Bertz CT molecular complexity index is 535. The van der Waals surface area contributed by atoms with Crippen LogP contribution in [0.2, 0.25) is 0 Å². The van der Waals surface area contributed by atoms with Crippen molar-refractivity contribution in [1.82, 2.24) is 10.2 Å². The van der Waals surface area contributed by atoms with Gasteiger partial charge in [0.2, 0.25) is 5.89 Å². The van der Waals surface area contributed by atoms with E-state index in [-0.39, 0.29) is 6.42 Å². The maximum atomic E-state index is 10.4. The molecule has 0 saturated heterocycles. The van der Waals surface area contributed by atoms with E-state index in [4.69, 9.17) is 14.3 Å². The molecule has 0 atom stereocenters. The van der Waals surface area contributed by atoms with Crippen LogP contribution in [0.15, 0.2) is 15.9 Å². The number of aryl methyl sites for hydroxylation is 1. The summed E-state index contributed by atoms with van der Waals surface area (Å²) < 4.78 is 10.5. The van der Waals surface area contributed by atoms with E-state index in [1.807, 2.05) is 11.4 Å². The first-order chi connectivity index (χ1) is 8.69. The van der Waals surface area contributed by atoms with E-state index in [1.54, 1.807) is 7.11 Å². The topological polar surface area (TPSA) is 85.5 Å². The molecule has 2 aromatic heterocycles. The van der Waals surface area contributed by atoms with Crippen molar-refractivity contribution < 1.29 is 19.1 Å². The van der Waals surface area contributed by atoms with E-state index in [9.17, 15) is 4.79 Å². The van der Waals surface area contributed by atoms with E-state index in [2.05, 4.69) is 10.2 Å². The van der Waals surface area contributed by atoms with E-state index in [0.717, 1.165) is 10.6 Å². The van der Waals surface area contributed by atoms with Crippen LogP contribution in [0.3, 0.4) is 0 Å². The van der Waals surface area contributed by atoms with Gasteiger partial charge in [-0.2, -0.15) is 0 Å². The zero-order valence-electron chi connectivity index (χ0n) is 9.75. The van der Waals surface area contributed by atoms with Gasteiger partial charge in [-0.25, -0.2) is 0 Å². The zero-order valence-corrected chi connectivity index (χ0v) is 10.6. The number of methoxy groups -OCH3 is 1. The van der Waals surface area contributed by atoms with Crippen LogP contribution in [0.4, 0.5) is 0 Å². The van der Waals surface area contributed by atoms with Gasteiger partial charge >= 0.3 is 5.97 Å². The summed E-state index contributed by atoms with van der Waals surface area (Å²) in [6.07, 6.45) is 1.07. The van der Waals surface area contributed by atoms with Crippen molar-refractivity contribution in [1.29, 1.82) is 0 Å². The molecule has 2 rings (SSSR count). The predicted octanol–water partition coefficient (Wildman–Crippen LogP) is 2.21. The first kappa shape index (κ1) is 12.6. The fraction of sp³-hybridized carbons (Fsp3) is 0.364. The Morgan fingerprint density at radius 2 is 2.39 bits per heavy atom. The van der Waals surface area contributed by atoms with Crippen molar-refractivity contribution in [2.24, 2.45) is 0 Å². The number of ether oxygens (including phenoxy) is 1. The van der Waals surface area contributed by atoms with Gasteiger partial charge in [0.1, 0.15) is 5.75 Å². The second-order valence-electron chi connectivity index (χ2n) is 3.60. The lowest BCUT2D eigenvalue weighted by Crippen LogP contribution is -1.95. The zero-order chi connectivity index (χ0) is 13.0. The molecule has 7 heteroatoms. The van der Waals surface area contributed by atoms with Gasteiger partial charge in [0.25, 0.3) is 5.89 Å². The maximum Gasteiger partial charge on any atom is 0.303 e. The lowest BCUT2D eigenvalue weighted by atomic mass is 10.2. The lowest BCUT2D eigenvalue weighted by molar-refractivity contribution is -0.137. The summed E-state index contributed by atoms with van der Waals surface area (Å²) in [7, 11) is 1.59. The second kappa shape index (κ2) is 5.63. The highest BCUT2D eigenvalue weighted by Gasteiger charge is 2.11. The summed E-state index contributed by atoms with van der Waals surface area (Å²) in [5.74, 6) is 0.825. The average molecular weight is 268 g/mol. The Balaban J connectivity index is 1.99. The number of carboxylic acid groups (broad SMARTS) is 1. The minimum Gasteiger partial charge on any atom is -0.496 e. The number of aliphatic carboxylic acids is 1. The molecule has 2 aromatic rings. The minimum absolute atomic E-state index is 0.102. The number of hydrogen-bond acceptors (Lipinski definition) is 6. The van der Waals surface area contributed by atoms with Crippen molar-refractivity contribution in [2.75, 3.05) is 7.11 Å². The van der Waals surface area contributed by atoms with Gasteiger partial charge in [-0.15, -0.1) is 21.5 Å². The van der Waals surface area contributed by atoms with E-state index < -0.39 is 5.97 Å². The molecule has 18 heavy (non-hydrogen) atoms. The van der Waals surface area contributed by atoms with Crippen LogP contribution in [-0.2, 0) is 11.2 Å². The molecule has 0 amide bonds. The number of nitrogens with zero attached hydrogens (tertiary/aromatic N) is 2. The Morgan fingerprint density at radius 1 is 1.56 bits per heavy atom. The third kappa shape index (κ3) is 3.07. The standard InChI is InChI=1S/C11H12N2O4S/c1-16-7-5-8(18-6-7)11-13-12-9(17-11)3-2-4-10(14)15/h5-6H,2-4H2,1H3,(H,14,15). The summed E-state index contributed by atoms with van der Waals surface area (Å²) in [6.45, 7) is 0.